The number of rotatable bonds is 13. The standard InChI is InChI=1S/C21H23N7O5S/c1-3-32-21(33-4-2)14-34(30,31)26-19-13-18(25-28-23)11-5-15(19)8-12-20(29)16-6-9-17(10-7-16)24-27-22/h5-13,21,26H,3-4,14H2,1-2H3. The van der Waals surface area contributed by atoms with Crippen molar-refractivity contribution in [1.82, 2.24) is 0 Å². The van der Waals surface area contributed by atoms with Crippen molar-refractivity contribution in [3.63, 3.8) is 0 Å². The number of benzene rings is 2. The van der Waals surface area contributed by atoms with Crippen molar-refractivity contribution in [1.29, 1.82) is 0 Å². The summed E-state index contributed by atoms with van der Waals surface area (Å²) < 4.78 is 38.5. The molecule has 2 aromatic carbocycles. The average molecular weight is 486 g/mol. The van der Waals surface area contributed by atoms with E-state index >= 15 is 0 Å². The maximum Gasteiger partial charge on any atom is 0.237 e. The van der Waals surface area contributed by atoms with Gasteiger partial charge in [0.2, 0.25) is 10.0 Å². The molecule has 0 aliphatic heterocycles. The zero-order valence-corrected chi connectivity index (χ0v) is 19.3. The summed E-state index contributed by atoms with van der Waals surface area (Å²) in [6.07, 6.45) is 1.75. The highest BCUT2D eigenvalue weighted by Crippen LogP contribution is 2.26. The number of anilines is 1. The summed E-state index contributed by atoms with van der Waals surface area (Å²) in [5.74, 6) is -0.812. The lowest BCUT2D eigenvalue weighted by molar-refractivity contribution is -0.120. The lowest BCUT2D eigenvalue weighted by Gasteiger charge is -2.18. The Labute approximate surface area is 196 Å². The third-order valence-corrected chi connectivity index (χ3v) is 5.49. The van der Waals surface area contributed by atoms with E-state index in [-0.39, 0.29) is 30.4 Å². The van der Waals surface area contributed by atoms with E-state index in [9.17, 15) is 13.2 Å². The van der Waals surface area contributed by atoms with Crippen molar-refractivity contribution in [2.75, 3.05) is 23.7 Å². The van der Waals surface area contributed by atoms with Crippen LogP contribution in [0.15, 0.2) is 58.8 Å². The van der Waals surface area contributed by atoms with Gasteiger partial charge < -0.3 is 9.47 Å². The Hall–Kier alpha value is -3.86. The Bertz CT molecular complexity index is 1230. The first-order chi connectivity index (χ1) is 16.3. The van der Waals surface area contributed by atoms with Crippen LogP contribution in [-0.2, 0) is 19.5 Å². The minimum absolute atomic E-state index is 0.111. The van der Waals surface area contributed by atoms with Gasteiger partial charge in [0.05, 0.1) is 5.69 Å². The maximum atomic E-state index is 12.7. The third-order valence-electron chi connectivity index (χ3n) is 4.25. The Morgan fingerprint density at radius 2 is 1.62 bits per heavy atom. The number of hydrogen-bond acceptors (Lipinski definition) is 7. The molecule has 0 spiro atoms. The van der Waals surface area contributed by atoms with Gasteiger partial charge in [0.15, 0.2) is 12.1 Å². The molecular formula is C21H23N7O5S. The fraction of sp³-hybridized carbons (Fsp3) is 0.286. The number of hydrogen-bond donors (Lipinski definition) is 1. The monoisotopic (exact) mass is 485 g/mol. The van der Waals surface area contributed by atoms with Crippen LogP contribution in [0.1, 0.15) is 29.8 Å². The molecule has 0 amide bonds. The largest absolute Gasteiger partial charge is 0.352 e. The second-order valence-corrected chi connectivity index (χ2v) is 8.39. The molecule has 0 heterocycles. The van der Waals surface area contributed by atoms with E-state index in [0.29, 0.717) is 16.8 Å². The van der Waals surface area contributed by atoms with E-state index in [1.807, 2.05) is 0 Å². The van der Waals surface area contributed by atoms with Crippen LogP contribution in [0.3, 0.4) is 0 Å². The van der Waals surface area contributed by atoms with Crippen molar-refractivity contribution in [3.8, 4) is 0 Å². The lowest BCUT2D eigenvalue weighted by atomic mass is 10.1. The summed E-state index contributed by atoms with van der Waals surface area (Å²) in [5, 5.41) is 6.94. The molecule has 0 atom stereocenters. The number of carbonyl (C=O) groups excluding carboxylic acids is 1. The van der Waals surface area contributed by atoms with Crippen LogP contribution in [0.5, 0.6) is 0 Å². The molecule has 0 aromatic heterocycles. The molecule has 0 bridgehead atoms. The Kier molecular flexibility index (Phi) is 10.1. The first-order valence-electron chi connectivity index (χ1n) is 10.1. The second kappa shape index (κ2) is 13.0. The second-order valence-electron chi connectivity index (χ2n) is 6.62. The summed E-state index contributed by atoms with van der Waals surface area (Å²) in [5.41, 5.74) is 18.5. The first kappa shape index (κ1) is 26.4. The van der Waals surface area contributed by atoms with Gasteiger partial charge >= 0.3 is 0 Å². The molecule has 0 aliphatic carbocycles. The number of sulfonamides is 1. The van der Waals surface area contributed by atoms with E-state index in [0.717, 1.165) is 0 Å². The summed E-state index contributed by atoms with van der Waals surface area (Å²) in [7, 11) is -3.93. The molecule has 0 saturated heterocycles. The van der Waals surface area contributed by atoms with Gasteiger partial charge in [0.1, 0.15) is 5.75 Å². The molecule has 2 aromatic rings. The van der Waals surface area contributed by atoms with Crippen molar-refractivity contribution in [2.24, 2.45) is 10.2 Å². The molecule has 0 saturated carbocycles. The summed E-state index contributed by atoms with van der Waals surface area (Å²) in [4.78, 5) is 17.9. The van der Waals surface area contributed by atoms with Gasteiger partial charge in [-0.05, 0) is 48.7 Å². The van der Waals surface area contributed by atoms with Crippen LogP contribution in [-0.4, -0.2) is 39.5 Å². The van der Waals surface area contributed by atoms with Crippen molar-refractivity contribution < 1.29 is 22.7 Å². The quantitative estimate of drug-likeness (QED) is 0.0965. The molecule has 0 unspecified atom stereocenters. The first-order valence-corrected chi connectivity index (χ1v) is 11.8. The number of carbonyl (C=O) groups is 1. The number of nitrogens with zero attached hydrogens (tertiary/aromatic N) is 6. The third kappa shape index (κ3) is 8.24. The highest BCUT2D eigenvalue weighted by atomic mass is 32.2. The molecule has 0 radical (unpaired) electrons. The van der Waals surface area contributed by atoms with Crippen LogP contribution in [0.2, 0.25) is 0 Å². The fourth-order valence-electron chi connectivity index (χ4n) is 2.80. The van der Waals surface area contributed by atoms with E-state index in [4.69, 9.17) is 20.5 Å². The van der Waals surface area contributed by atoms with Crippen LogP contribution in [0.4, 0.5) is 17.1 Å². The number of azide groups is 2. The molecule has 2 rings (SSSR count). The molecule has 34 heavy (non-hydrogen) atoms. The van der Waals surface area contributed by atoms with Gasteiger partial charge in [-0.1, -0.05) is 46.6 Å². The minimum atomic E-state index is -3.93. The van der Waals surface area contributed by atoms with Crippen LogP contribution >= 0.6 is 0 Å². The van der Waals surface area contributed by atoms with Crippen LogP contribution in [0.25, 0.3) is 27.0 Å². The zero-order chi connectivity index (χ0) is 25.0. The summed E-state index contributed by atoms with van der Waals surface area (Å²) in [6.45, 7) is 3.98. The number of ketones is 1. The Morgan fingerprint density at radius 1 is 1.03 bits per heavy atom. The van der Waals surface area contributed by atoms with Crippen LogP contribution in [0, 0.1) is 0 Å². The molecular weight excluding hydrogens is 462 g/mol. The molecule has 1 N–H and O–H groups in total. The maximum absolute atomic E-state index is 12.7. The predicted octanol–water partition coefficient (Wildman–Crippen LogP) is 5.61. The van der Waals surface area contributed by atoms with Gasteiger partial charge in [0, 0.05) is 40.0 Å². The van der Waals surface area contributed by atoms with Crippen molar-refractivity contribution >= 4 is 38.9 Å². The average Bonchev–Trinajstić information content (AvgIpc) is 2.79. The lowest BCUT2D eigenvalue weighted by Crippen LogP contribution is -2.30. The van der Waals surface area contributed by atoms with E-state index in [2.05, 4.69) is 24.8 Å². The minimum Gasteiger partial charge on any atom is -0.352 e. The fourth-order valence-corrected chi connectivity index (χ4v) is 3.95. The normalized spacial score (nSPS) is 11.1. The van der Waals surface area contributed by atoms with E-state index < -0.39 is 22.1 Å². The highest BCUT2D eigenvalue weighted by Gasteiger charge is 2.21. The predicted molar refractivity (Wildman–Crippen MR) is 128 cm³/mol. The van der Waals surface area contributed by atoms with Gasteiger partial charge in [-0.15, -0.1) is 0 Å². The van der Waals surface area contributed by atoms with Crippen molar-refractivity contribution in [3.05, 3.63) is 80.6 Å². The van der Waals surface area contributed by atoms with Gasteiger partial charge in [-0.3, -0.25) is 9.52 Å². The summed E-state index contributed by atoms with van der Waals surface area (Å²) in [6, 6.07) is 10.4. The molecule has 0 fully saturated rings. The van der Waals surface area contributed by atoms with E-state index in [1.165, 1.54) is 54.6 Å². The Balaban J connectivity index is 2.31. The molecule has 178 valence electrons. The number of ether oxygens (including phenoxy) is 2. The topological polar surface area (TPSA) is 179 Å². The zero-order valence-electron chi connectivity index (χ0n) is 18.5. The van der Waals surface area contributed by atoms with E-state index in [1.54, 1.807) is 13.8 Å². The van der Waals surface area contributed by atoms with Crippen molar-refractivity contribution in [2.45, 2.75) is 20.1 Å². The van der Waals surface area contributed by atoms with Gasteiger partial charge in [0.25, 0.3) is 0 Å². The SMILES string of the molecule is CCOC(CS(=O)(=O)Nc1cc(N=[N+]=[N-])ccc1C=CC(=O)c1ccc(N=[N+]=[N-])cc1)OCC. The molecule has 0 aliphatic rings. The molecule has 12 nitrogen and oxygen atoms in total. The molecule has 13 heteroatoms. The number of nitrogens with one attached hydrogen (secondary N) is 1. The van der Waals surface area contributed by atoms with Gasteiger partial charge in [-0.25, -0.2) is 8.42 Å². The smallest absolute Gasteiger partial charge is 0.237 e. The Morgan fingerprint density at radius 3 is 2.21 bits per heavy atom. The van der Waals surface area contributed by atoms with Gasteiger partial charge in [-0.2, -0.15) is 0 Å². The summed E-state index contributed by atoms with van der Waals surface area (Å²) >= 11 is 0. The van der Waals surface area contributed by atoms with Crippen LogP contribution < -0.4 is 4.72 Å². The number of allylic oxidation sites excluding steroid dienone is 1. The highest BCUT2D eigenvalue weighted by molar-refractivity contribution is 7.92.